The summed E-state index contributed by atoms with van der Waals surface area (Å²) in [7, 11) is 0. The second-order valence-corrected chi connectivity index (χ2v) is 8.54. The number of anilines is 1. The molecule has 2 atom stereocenters. The van der Waals surface area contributed by atoms with E-state index in [1.165, 1.54) is 0 Å². The molecule has 1 aromatic carbocycles. The van der Waals surface area contributed by atoms with Crippen LogP contribution in [-0.4, -0.2) is 32.0 Å². The molecule has 166 valence electrons. The van der Waals surface area contributed by atoms with Crippen LogP contribution in [0.4, 0.5) is 5.69 Å². The standard InChI is InChI=1S/C25H29N5OS/c1-4-29-14-7-9-21(29)24-23(19-8-5-6-13-26-19)28-25(32)30(24)15-12-22(31)27-20-16-17(2)10-11-18(20)3/h5-11,13-14,16,23-24H,4,12,15H2,1-3H3,(H,27,31)(H,28,32)/t23-,24-/m1/s1. The van der Waals surface area contributed by atoms with Crippen molar-refractivity contribution in [2.75, 3.05) is 11.9 Å². The summed E-state index contributed by atoms with van der Waals surface area (Å²) in [5, 5.41) is 7.16. The highest BCUT2D eigenvalue weighted by Crippen LogP contribution is 2.38. The van der Waals surface area contributed by atoms with Crippen molar-refractivity contribution in [2.24, 2.45) is 0 Å². The number of rotatable bonds is 7. The molecule has 32 heavy (non-hydrogen) atoms. The molecule has 0 aliphatic carbocycles. The van der Waals surface area contributed by atoms with Gasteiger partial charge in [0.15, 0.2) is 5.11 Å². The Hall–Kier alpha value is -3.19. The maximum atomic E-state index is 12.8. The Bertz CT molecular complexity index is 1110. The van der Waals surface area contributed by atoms with Crippen molar-refractivity contribution in [3.8, 4) is 0 Å². The fourth-order valence-electron chi connectivity index (χ4n) is 4.26. The van der Waals surface area contributed by atoms with Crippen molar-refractivity contribution in [3.63, 3.8) is 0 Å². The Morgan fingerprint density at radius 2 is 2.03 bits per heavy atom. The summed E-state index contributed by atoms with van der Waals surface area (Å²) in [5.41, 5.74) is 5.13. The molecule has 0 saturated carbocycles. The predicted octanol–water partition coefficient (Wildman–Crippen LogP) is 4.52. The van der Waals surface area contributed by atoms with Crippen molar-refractivity contribution in [3.05, 3.63) is 83.4 Å². The van der Waals surface area contributed by atoms with Gasteiger partial charge in [0.05, 0.1) is 17.8 Å². The van der Waals surface area contributed by atoms with Crippen LogP contribution >= 0.6 is 12.2 Å². The lowest BCUT2D eigenvalue weighted by Crippen LogP contribution is -2.33. The minimum atomic E-state index is -0.0778. The van der Waals surface area contributed by atoms with Gasteiger partial charge in [-0.15, -0.1) is 0 Å². The van der Waals surface area contributed by atoms with Gasteiger partial charge in [-0.05, 0) is 74.4 Å². The molecule has 0 unspecified atom stereocenters. The molecule has 7 heteroatoms. The molecular formula is C25H29N5OS. The van der Waals surface area contributed by atoms with E-state index in [0.29, 0.717) is 18.1 Å². The molecular weight excluding hydrogens is 418 g/mol. The third-order valence-corrected chi connectivity index (χ3v) is 6.31. The van der Waals surface area contributed by atoms with Crippen LogP contribution in [0, 0.1) is 13.8 Å². The van der Waals surface area contributed by atoms with Crippen LogP contribution in [0.2, 0.25) is 0 Å². The molecule has 2 N–H and O–H groups in total. The van der Waals surface area contributed by atoms with Crippen LogP contribution in [0.25, 0.3) is 0 Å². The van der Waals surface area contributed by atoms with Crippen molar-refractivity contribution < 1.29 is 4.79 Å². The van der Waals surface area contributed by atoms with Crippen molar-refractivity contribution in [2.45, 2.75) is 45.8 Å². The van der Waals surface area contributed by atoms with Crippen LogP contribution in [0.15, 0.2) is 60.9 Å². The smallest absolute Gasteiger partial charge is 0.226 e. The summed E-state index contributed by atoms with van der Waals surface area (Å²) < 4.78 is 2.22. The van der Waals surface area contributed by atoms with Gasteiger partial charge in [-0.1, -0.05) is 18.2 Å². The van der Waals surface area contributed by atoms with Crippen LogP contribution < -0.4 is 10.6 Å². The van der Waals surface area contributed by atoms with E-state index in [1.54, 1.807) is 6.20 Å². The predicted molar refractivity (Wildman–Crippen MR) is 131 cm³/mol. The number of nitrogens with zero attached hydrogens (tertiary/aromatic N) is 3. The van der Waals surface area contributed by atoms with Crippen molar-refractivity contribution in [1.29, 1.82) is 0 Å². The molecule has 4 rings (SSSR count). The van der Waals surface area contributed by atoms with E-state index in [9.17, 15) is 4.79 Å². The zero-order chi connectivity index (χ0) is 22.7. The Balaban J connectivity index is 1.55. The molecule has 0 spiro atoms. The van der Waals surface area contributed by atoms with Gasteiger partial charge < -0.3 is 20.1 Å². The molecule has 1 saturated heterocycles. The molecule has 1 amide bonds. The average molecular weight is 448 g/mol. The molecule has 6 nitrogen and oxygen atoms in total. The lowest BCUT2D eigenvalue weighted by Gasteiger charge is -2.28. The van der Waals surface area contributed by atoms with E-state index in [0.717, 1.165) is 34.7 Å². The molecule has 3 heterocycles. The molecule has 2 aromatic heterocycles. The zero-order valence-corrected chi connectivity index (χ0v) is 19.5. The van der Waals surface area contributed by atoms with Crippen LogP contribution in [0.1, 0.15) is 47.9 Å². The van der Waals surface area contributed by atoms with E-state index < -0.39 is 0 Å². The number of aromatic nitrogens is 2. The van der Waals surface area contributed by atoms with E-state index in [4.69, 9.17) is 12.2 Å². The number of amides is 1. The number of pyridine rings is 1. The first-order chi connectivity index (χ1) is 15.5. The summed E-state index contributed by atoms with van der Waals surface area (Å²) >= 11 is 5.71. The van der Waals surface area contributed by atoms with Gasteiger partial charge in [-0.25, -0.2) is 0 Å². The first-order valence-corrected chi connectivity index (χ1v) is 11.4. The van der Waals surface area contributed by atoms with Gasteiger partial charge in [0, 0.05) is 43.3 Å². The fraction of sp³-hybridized carbons (Fsp3) is 0.320. The number of benzene rings is 1. The quantitative estimate of drug-likeness (QED) is 0.522. The van der Waals surface area contributed by atoms with Gasteiger partial charge in [0.2, 0.25) is 5.91 Å². The van der Waals surface area contributed by atoms with Crippen molar-refractivity contribution in [1.82, 2.24) is 19.8 Å². The molecule has 0 radical (unpaired) electrons. The van der Waals surface area contributed by atoms with Crippen LogP contribution in [-0.2, 0) is 11.3 Å². The van der Waals surface area contributed by atoms with Crippen LogP contribution in [0.5, 0.6) is 0 Å². The maximum Gasteiger partial charge on any atom is 0.226 e. The summed E-state index contributed by atoms with van der Waals surface area (Å²) in [6, 6.07) is 16.1. The Kier molecular flexibility index (Phi) is 6.55. The number of hydrogen-bond acceptors (Lipinski definition) is 3. The first kappa shape index (κ1) is 22.0. The first-order valence-electron chi connectivity index (χ1n) is 11.0. The third kappa shape index (κ3) is 4.53. The largest absolute Gasteiger partial charge is 0.352 e. The van der Waals surface area contributed by atoms with Crippen molar-refractivity contribution >= 4 is 28.9 Å². The number of nitrogens with one attached hydrogen (secondary N) is 2. The summed E-state index contributed by atoms with van der Waals surface area (Å²) in [5.74, 6) is -0.0209. The molecule has 0 bridgehead atoms. The minimum Gasteiger partial charge on any atom is -0.352 e. The highest BCUT2D eigenvalue weighted by molar-refractivity contribution is 7.80. The molecule has 3 aromatic rings. The highest BCUT2D eigenvalue weighted by atomic mass is 32.1. The lowest BCUT2D eigenvalue weighted by molar-refractivity contribution is -0.116. The summed E-state index contributed by atoms with van der Waals surface area (Å²) in [6.07, 6.45) is 4.22. The number of aryl methyl sites for hydroxylation is 3. The monoisotopic (exact) mass is 447 g/mol. The van der Waals surface area contributed by atoms with Crippen LogP contribution in [0.3, 0.4) is 0 Å². The molecule has 1 aliphatic rings. The Morgan fingerprint density at radius 1 is 1.19 bits per heavy atom. The number of thiocarbonyl (C=S) groups is 1. The van der Waals surface area contributed by atoms with Gasteiger partial charge in [0.25, 0.3) is 0 Å². The Morgan fingerprint density at radius 3 is 2.78 bits per heavy atom. The maximum absolute atomic E-state index is 12.8. The topological polar surface area (TPSA) is 62.2 Å². The SMILES string of the molecule is CCn1cccc1[C@@H]1[C@@H](c2ccccn2)NC(=S)N1CCC(=O)Nc1cc(C)ccc1C. The molecule has 1 aliphatic heterocycles. The lowest BCUT2D eigenvalue weighted by atomic mass is 10.0. The zero-order valence-electron chi connectivity index (χ0n) is 18.7. The highest BCUT2D eigenvalue weighted by Gasteiger charge is 2.40. The van der Waals surface area contributed by atoms with Gasteiger partial charge in [0.1, 0.15) is 0 Å². The van der Waals surface area contributed by atoms with Gasteiger partial charge in [-0.3, -0.25) is 9.78 Å². The van der Waals surface area contributed by atoms with E-state index in [1.807, 2.05) is 50.2 Å². The fourth-order valence-corrected chi connectivity index (χ4v) is 4.59. The number of carbonyl (C=O) groups is 1. The average Bonchev–Trinajstić information content (AvgIpc) is 3.39. The minimum absolute atomic E-state index is 0.0209. The van der Waals surface area contributed by atoms with E-state index in [-0.39, 0.29) is 18.0 Å². The van der Waals surface area contributed by atoms with Gasteiger partial charge in [-0.2, -0.15) is 0 Å². The molecule has 1 fully saturated rings. The third-order valence-electron chi connectivity index (χ3n) is 5.95. The second-order valence-electron chi connectivity index (χ2n) is 8.16. The summed E-state index contributed by atoms with van der Waals surface area (Å²) in [6.45, 7) is 7.53. The summed E-state index contributed by atoms with van der Waals surface area (Å²) in [4.78, 5) is 19.5. The second kappa shape index (κ2) is 9.53. The normalized spacial score (nSPS) is 18.0. The van der Waals surface area contributed by atoms with Gasteiger partial charge >= 0.3 is 0 Å². The van der Waals surface area contributed by atoms with E-state index in [2.05, 4.69) is 50.3 Å². The van der Waals surface area contributed by atoms with E-state index >= 15 is 0 Å². The number of hydrogen-bond donors (Lipinski definition) is 2. The number of carbonyl (C=O) groups excluding carboxylic acids is 1. The Labute approximate surface area is 194 Å².